The van der Waals surface area contributed by atoms with E-state index in [0.717, 1.165) is 10.4 Å². The van der Waals surface area contributed by atoms with Gasteiger partial charge in [-0.25, -0.2) is 8.42 Å². The van der Waals surface area contributed by atoms with E-state index in [1.807, 2.05) is 6.92 Å². The normalized spacial score (nSPS) is 10.9. The van der Waals surface area contributed by atoms with E-state index in [2.05, 4.69) is 0 Å². The lowest BCUT2D eigenvalue weighted by Gasteiger charge is -2.23. The fourth-order valence-electron chi connectivity index (χ4n) is 2.40. The van der Waals surface area contributed by atoms with Crippen LogP contribution >= 0.6 is 0 Å². The molecule has 0 fully saturated rings. The second-order valence-corrected chi connectivity index (χ2v) is 7.36. The highest BCUT2D eigenvalue weighted by atomic mass is 32.2. The molecule has 0 aliphatic rings. The Bertz CT molecular complexity index is 943. The molecule has 0 aliphatic carbocycles. The Morgan fingerprint density at radius 2 is 1.79 bits per heavy atom. The number of carbonyl (C=O) groups excluding carboxylic acids is 1. The first kappa shape index (κ1) is 21.2. The smallest absolute Gasteiger partial charge is 0.326 e. The van der Waals surface area contributed by atoms with Gasteiger partial charge in [0.15, 0.2) is 0 Å². The number of nitro benzene ring substituents is 1. The Morgan fingerprint density at radius 3 is 2.36 bits per heavy atom. The average molecular weight is 408 g/mol. The van der Waals surface area contributed by atoms with Gasteiger partial charge in [0, 0.05) is 12.1 Å². The maximum absolute atomic E-state index is 13.1. The summed E-state index contributed by atoms with van der Waals surface area (Å²) in [6, 6.07) is 10.7. The van der Waals surface area contributed by atoms with Crippen molar-refractivity contribution in [2.45, 2.75) is 18.7 Å². The number of carbonyl (C=O) groups is 1. The van der Waals surface area contributed by atoms with Crippen LogP contribution in [-0.2, 0) is 19.6 Å². The molecule has 0 saturated carbocycles. The molecule has 28 heavy (non-hydrogen) atoms. The summed E-state index contributed by atoms with van der Waals surface area (Å²) < 4.78 is 37.3. The highest BCUT2D eigenvalue weighted by Crippen LogP contribution is 2.27. The van der Waals surface area contributed by atoms with E-state index in [1.54, 1.807) is 19.1 Å². The Kier molecular flexibility index (Phi) is 6.94. The summed E-state index contributed by atoms with van der Waals surface area (Å²) >= 11 is 0. The molecule has 0 N–H and O–H groups in total. The van der Waals surface area contributed by atoms with Crippen LogP contribution in [0.15, 0.2) is 53.4 Å². The van der Waals surface area contributed by atoms with Crippen LogP contribution in [0.3, 0.4) is 0 Å². The SMILES string of the molecule is CCOC(=O)CN(c1ccc(OCC)cc1)S(=O)(=O)c1cccc([N+](=O)[O-])c1. The molecule has 0 radical (unpaired) electrons. The quantitative estimate of drug-likeness (QED) is 0.356. The molecular weight excluding hydrogens is 388 g/mol. The number of hydrogen-bond donors (Lipinski definition) is 0. The number of hydrogen-bond acceptors (Lipinski definition) is 7. The van der Waals surface area contributed by atoms with Crippen LogP contribution < -0.4 is 9.04 Å². The second kappa shape index (κ2) is 9.18. The molecule has 2 aromatic carbocycles. The Balaban J connectivity index is 2.49. The number of benzene rings is 2. The van der Waals surface area contributed by atoms with Gasteiger partial charge in [0.2, 0.25) is 0 Å². The minimum Gasteiger partial charge on any atom is -0.494 e. The first-order chi connectivity index (χ1) is 13.3. The van der Waals surface area contributed by atoms with Gasteiger partial charge in [0.1, 0.15) is 12.3 Å². The van der Waals surface area contributed by atoms with Crippen LogP contribution in [0, 0.1) is 10.1 Å². The van der Waals surface area contributed by atoms with E-state index in [1.165, 1.54) is 30.3 Å². The minimum atomic E-state index is -4.26. The zero-order chi connectivity index (χ0) is 20.7. The van der Waals surface area contributed by atoms with Crippen molar-refractivity contribution in [3.63, 3.8) is 0 Å². The second-order valence-electron chi connectivity index (χ2n) is 5.50. The first-order valence-electron chi connectivity index (χ1n) is 8.45. The standard InChI is InChI=1S/C18H20N2O7S/c1-3-26-16-10-8-14(9-11-16)19(13-18(21)27-4-2)28(24,25)17-7-5-6-15(12-17)20(22)23/h5-12H,3-4,13H2,1-2H3. The van der Waals surface area contributed by atoms with Crippen LogP contribution in [0.1, 0.15) is 13.8 Å². The van der Waals surface area contributed by atoms with Crippen LogP contribution in [0.2, 0.25) is 0 Å². The van der Waals surface area contributed by atoms with Crippen LogP contribution in [-0.4, -0.2) is 39.1 Å². The summed E-state index contributed by atoms with van der Waals surface area (Å²) in [5.41, 5.74) is -0.174. The predicted octanol–water partition coefficient (Wildman–Crippen LogP) is 2.75. The fraction of sp³-hybridized carbons (Fsp3) is 0.278. The number of nitrogens with zero attached hydrogens (tertiary/aromatic N) is 2. The molecule has 0 spiro atoms. The molecule has 2 rings (SSSR count). The lowest BCUT2D eigenvalue weighted by atomic mass is 10.3. The van der Waals surface area contributed by atoms with Gasteiger partial charge in [-0.15, -0.1) is 0 Å². The van der Waals surface area contributed by atoms with Crippen molar-refractivity contribution in [1.82, 2.24) is 0 Å². The van der Waals surface area contributed by atoms with E-state index in [9.17, 15) is 23.3 Å². The van der Waals surface area contributed by atoms with Crippen molar-refractivity contribution < 1.29 is 27.6 Å². The maximum atomic E-state index is 13.1. The molecule has 10 heteroatoms. The lowest BCUT2D eigenvalue weighted by Crippen LogP contribution is -2.36. The third kappa shape index (κ3) is 4.97. The number of nitro groups is 1. The van der Waals surface area contributed by atoms with Gasteiger partial charge in [-0.2, -0.15) is 0 Å². The van der Waals surface area contributed by atoms with Crippen molar-refractivity contribution in [3.8, 4) is 5.75 Å². The molecule has 0 aliphatic heterocycles. The summed E-state index contributed by atoms with van der Waals surface area (Å²) in [5, 5.41) is 11.0. The Hall–Kier alpha value is -3.14. The molecule has 2 aromatic rings. The number of rotatable bonds is 9. The molecule has 0 saturated heterocycles. The zero-order valence-electron chi connectivity index (χ0n) is 15.4. The Labute approximate surface area is 162 Å². The van der Waals surface area contributed by atoms with Gasteiger partial charge >= 0.3 is 5.97 Å². The molecule has 0 aromatic heterocycles. The highest BCUT2D eigenvalue weighted by molar-refractivity contribution is 7.92. The molecule has 0 unspecified atom stereocenters. The van der Waals surface area contributed by atoms with Gasteiger partial charge in [-0.05, 0) is 44.2 Å². The third-order valence-electron chi connectivity index (χ3n) is 3.63. The van der Waals surface area contributed by atoms with Gasteiger partial charge in [0.25, 0.3) is 15.7 Å². The number of sulfonamides is 1. The largest absolute Gasteiger partial charge is 0.494 e. The lowest BCUT2D eigenvalue weighted by molar-refractivity contribution is -0.385. The molecule has 150 valence electrons. The summed E-state index contributed by atoms with van der Waals surface area (Å²) in [4.78, 5) is 22.0. The Morgan fingerprint density at radius 1 is 1.11 bits per heavy atom. The summed E-state index contributed by atoms with van der Waals surface area (Å²) in [7, 11) is -4.26. The highest BCUT2D eigenvalue weighted by Gasteiger charge is 2.29. The van der Waals surface area contributed by atoms with Gasteiger partial charge in [-0.1, -0.05) is 6.07 Å². The third-order valence-corrected chi connectivity index (χ3v) is 5.40. The number of non-ortho nitro benzene ring substituents is 1. The average Bonchev–Trinajstić information content (AvgIpc) is 2.67. The van der Waals surface area contributed by atoms with Crippen molar-refractivity contribution in [3.05, 3.63) is 58.6 Å². The maximum Gasteiger partial charge on any atom is 0.326 e. The fourth-order valence-corrected chi connectivity index (χ4v) is 3.85. The number of esters is 1. The first-order valence-corrected chi connectivity index (χ1v) is 9.89. The van der Waals surface area contributed by atoms with E-state index in [0.29, 0.717) is 12.4 Å². The van der Waals surface area contributed by atoms with Crippen molar-refractivity contribution in [1.29, 1.82) is 0 Å². The topological polar surface area (TPSA) is 116 Å². The van der Waals surface area contributed by atoms with Crippen molar-refractivity contribution in [2.24, 2.45) is 0 Å². The molecule has 0 amide bonds. The summed E-state index contributed by atoms with van der Waals surface area (Å²) in [6.45, 7) is 3.37. The number of ether oxygens (including phenoxy) is 2. The molecule has 0 bridgehead atoms. The van der Waals surface area contributed by atoms with Crippen molar-refractivity contribution in [2.75, 3.05) is 24.1 Å². The minimum absolute atomic E-state index is 0.0901. The summed E-state index contributed by atoms with van der Waals surface area (Å²) in [6.07, 6.45) is 0. The molecule has 0 atom stereocenters. The molecule has 9 nitrogen and oxygen atoms in total. The van der Waals surface area contributed by atoms with E-state index in [-0.39, 0.29) is 22.9 Å². The predicted molar refractivity (Wildman–Crippen MR) is 102 cm³/mol. The van der Waals surface area contributed by atoms with Gasteiger partial charge in [-0.3, -0.25) is 19.2 Å². The van der Waals surface area contributed by atoms with Gasteiger partial charge < -0.3 is 9.47 Å². The van der Waals surface area contributed by atoms with Crippen molar-refractivity contribution >= 4 is 27.4 Å². The van der Waals surface area contributed by atoms with E-state index >= 15 is 0 Å². The monoisotopic (exact) mass is 408 g/mol. The zero-order valence-corrected chi connectivity index (χ0v) is 16.2. The summed E-state index contributed by atoms with van der Waals surface area (Å²) in [5.74, 6) is -0.208. The van der Waals surface area contributed by atoms with Crippen LogP contribution in [0.4, 0.5) is 11.4 Å². The van der Waals surface area contributed by atoms with Crippen LogP contribution in [0.25, 0.3) is 0 Å². The molecular formula is C18H20N2O7S. The number of anilines is 1. The van der Waals surface area contributed by atoms with Gasteiger partial charge in [0.05, 0.1) is 28.7 Å². The molecule has 0 heterocycles. The van der Waals surface area contributed by atoms with Crippen LogP contribution in [0.5, 0.6) is 5.75 Å². The van der Waals surface area contributed by atoms with E-state index < -0.39 is 27.5 Å². The van der Waals surface area contributed by atoms with E-state index in [4.69, 9.17) is 9.47 Å².